The molecule has 0 spiro atoms. The molecular formula is C13H20N2O2. The number of nitrogens with one attached hydrogen (secondary N) is 1. The van der Waals surface area contributed by atoms with Gasteiger partial charge in [0.2, 0.25) is 11.8 Å². The molecule has 4 heteroatoms. The van der Waals surface area contributed by atoms with Crippen molar-refractivity contribution in [3.05, 3.63) is 24.8 Å². The highest BCUT2D eigenvalue weighted by atomic mass is 16.2. The standard InChI is InChI=1S/C13H20N2O2/c1-2-3-4-5-9-14-12(16)8-11-15-10-6-7-13(15)17/h2,6-7H,1,3-5,8-11H2,(H,14,16). The minimum Gasteiger partial charge on any atom is -0.356 e. The summed E-state index contributed by atoms with van der Waals surface area (Å²) in [5.74, 6) is 0.0205. The number of rotatable bonds is 8. The maximum atomic E-state index is 11.4. The van der Waals surface area contributed by atoms with Crippen LogP contribution in [0, 0.1) is 0 Å². The Morgan fingerprint density at radius 2 is 2.35 bits per heavy atom. The minimum absolute atomic E-state index is 0.00350. The summed E-state index contributed by atoms with van der Waals surface area (Å²) in [5.41, 5.74) is 0. The molecule has 1 heterocycles. The lowest BCUT2D eigenvalue weighted by Gasteiger charge is -2.14. The van der Waals surface area contributed by atoms with Gasteiger partial charge < -0.3 is 10.2 Å². The largest absolute Gasteiger partial charge is 0.356 e. The smallest absolute Gasteiger partial charge is 0.246 e. The van der Waals surface area contributed by atoms with E-state index >= 15 is 0 Å². The molecule has 0 unspecified atom stereocenters. The number of carbonyl (C=O) groups excluding carboxylic acids is 2. The molecule has 1 N–H and O–H groups in total. The molecule has 0 radical (unpaired) electrons. The summed E-state index contributed by atoms with van der Waals surface area (Å²) in [7, 11) is 0. The topological polar surface area (TPSA) is 49.4 Å². The molecule has 17 heavy (non-hydrogen) atoms. The van der Waals surface area contributed by atoms with E-state index in [0.29, 0.717) is 26.1 Å². The normalized spacial score (nSPS) is 14.1. The summed E-state index contributed by atoms with van der Waals surface area (Å²) in [5, 5.41) is 2.85. The van der Waals surface area contributed by atoms with Crippen LogP contribution in [-0.4, -0.2) is 36.3 Å². The van der Waals surface area contributed by atoms with Gasteiger partial charge in [-0.2, -0.15) is 0 Å². The van der Waals surface area contributed by atoms with Crippen molar-refractivity contribution in [1.29, 1.82) is 0 Å². The molecule has 0 atom stereocenters. The fourth-order valence-corrected chi connectivity index (χ4v) is 1.64. The number of carbonyl (C=O) groups is 2. The molecule has 0 saturated carbocycles. The van der Waals surface area contributed by atoms with Crippen LogP contribution in [-0.2, 0) is 9.59 Å². The van der Waals surface area contributed by atoms with Crippen LogP contribution in [0.5, 0.6) is 0 Å². The third-order valence-corrected chi connectivity index (χ3v) is 2.66. The van der Waals surface area contributed by atoms with Crippen molar-refractivity contribution in [3.63, 3.8) is 0 Å². The first-order chi connectivity index (χ1) is 8.24. The second kappa shape index (κ2) is 7.65. The third kappa shape index (κ3) is 5.33. The molecule has 0 saturated heterocycles. The van der Waals surface area contributed by atoms with Crippen molar-refractivity contribution in [3.8, 4) is 0 Å². The molecular weight excluding hydrogens is 216 g/mol. The highest BCUT2D eigenvalue weighted by molar-refractivity contribution is 5.90. The molecule has 0 aliphatic carbocycles. The van der Waals surface area contributed by atoms with E-state index in [0.717, 1.165) is 19.3 Å². The van der Waals surface area contributed by atoms with Crippen LogP contribution < -0.4 is 5.32 Å². The quantitative estimate of drug-likeness (QED) is 0.509. The van der Waals surface area contributed by atoms with Crippen LogP contribution >= 0.6 is 0 Å². The van der Waals surface area contributed by atoms with Gasteiger partial charge in [0.05, 0.1) is 0 Å². The van der Waals surface area contributed by atoms with Crippen LogP contribution in [0.1, 0.15) is 25.7 Å². The number of hydrogen-bond acceptors (Lipinski definition) is 2. The Labute approximate surface area is 102 Å². The molecule has 4 nitrogen and oxygen atoms in total. The van der Waals surface area contributed by atoms with Gasteiger partial charge in [0.1, 0.15) is 0 Å². The van der Waals surface area contributed by atoms with Crippen LogP contribution in [0.4, 0.5) is 0 Å². The first kappa shape index (κ1) is 13.5. The fourth-order valence-electron chi connectivity index (χ4n) is 1.64. The predicted octanol–water partition coefficient (Wildman–Crippen LogP) is 1.25. The van der Waals surface area contributed by atoms with E-state index in [-0.39, 0.29) is 11.8 Å². The molecule has 0 aromatic rings. The zero-order chi connectivity index (χ0) is 12.5. The van der Waals surface area contributed by atoms with E-state index in [1.54, 1.807) is 11.0 Å². The summed E-state index contributed by atoms with van der Waals surface area (Å²) in [6.45, 7) is 5.49. The van der Waals surface area contributed by atoms with Crippen molar-refractivity contribution in [2.75, 3.05) is 19.6 Å². The third-order valence-electron chi connectivity index (χ3n) is 2.66. The number of hydrogen-bond donors (Lipinski definition) is 1. The number of nitrogens with zero attached hydrogens (tertiary/aromatic N) is 1. The van der Waals surface area contributed by atoms with Crippen molar-refractivity contribution >= 4 is 11.8 Å². The molecule has 1 rings (SSSR count). The van der Waals surface area contributed by atoms with Gasteiger partial charge in [-0.15, -0.1) is 6.58 Å². The van der Waals surface area contributed by atoms with E-state index in [9.17, 15) is 9.59 Å². The average molecular weight is 236 g/mol. The van der Waals surface area contributed by atoms with E-state index in [1.807, 2.05) is 12.2 Å². The molecule has 1 aliphatic heterocycles. The highest BCUT2D eigenvalue weighted by Crippen LogP contribution is 2.01. The Morgan fingerprint density at radius 1 is 1.53 bits per heavy atom. The zero-order valence-corrected chi connectivity index (χ0v) is 10.2. The van der Waals surface area contributed by atoms with Gasteiger partial charge in [-0.3, -0.25) is 9.59 Å². The van der Waals surface area contributed by atoms with E-state index < -0.39 is 0 Å². The van der Waals surface area contributed by atoms with Crippen LogP contribution in [0.15, 0.2) is 24.8 Å². The van der Waals surface area contributed by atoms with E-state index in [1.165, 1.54) is 0 Å². The van der Waals surface area contributed by atoms with Gasteiger partial charge in [-0.05, 0) is 19.3 Å². The van der Waals surface area contributed by atoms with Crippen molar-refractivity contribution < 1.29 is 9.59 Å². The number of allylic oxidation sites excluding steroid dienone is 1. The first-order valence-electron chi connectivity index (χ1n) is 6.07. The van der Waals surface area contributed by atoms with E-state index in [2.05, 4.69) is 11.9 Å². The molecule has 2 amide bonds. The SMILES string of the molecule is C=CCCCCNC(=O)CCN1CC=CC1=O. The summed E-state index contributed by atoms with van der Waals surface area (Å²) >= 11 is 0. The Bertz CT molecular complexity index is 311. The van der Waals surface area contributed by atoms with Gasteiger partial charge in [0.25, 0.3) is 0 Å². The molecule has 0 aromatic heterocycles. The summed E-state index contributed by atoms with van der Waals surface area (Å²) in [6, 6.07) is 0. The Kier molecular flexibility index (Phi) is 6.07. The Morgan fingerprint density at radius 3 is 3.00 bits per heavy atom. The lowest BCUT2D eigenvalue weighted by molar-refractivity contribution is -0.125. The maximum absolute atomic E-state index is 11.4. The minimum atomic E-state index is 0.00350. The fraction of sp³-hybridized carbons (Fsp3) is 0.538. The lowest BCUT2D eigenvalue weighted by atomic mass is 10.2. The monoisotopic (exact) mass is 236 g/mol. The van der Waals surface area contributed by atoms with E-state index in [4.69, 9.17) is 0 Å². The number of unbranched alkanes of at least 4 members (excludes halogenated alkanes) is 2. The molecule has 94 valence electrons. The molecule has 0 bridgehead atoms. The highest BCUT2D eigenvalue weighted by Gasteiger charge is 2.15. The van der Waals surface area contributed by atoms with Gasteiger partial charge in [-0.25, -0.2) is 0 Å². The van der Waals surface area contributed by atoms with Crippen LogP contribution in [0.25, 0.3) is 0 Å². The lowest BCUT2D eigenvalue weighted by Crippen LogP contribution is -2.32. The van der Waals surface area contributed by atoms with Crippen molar-refractivity contribution in [2.45, 2.75) is 25.7 Å². The van der Waals surface area contributed by atoms with Crippen LogP contribution in [0.2, 0.25) is 0 Å². The van der Waals surface area contributed by atoms with Gasteiger partial charge >= 0.3 is 0 Å². The van der Waals surface area contributed by atoms with Crippen molar-refractivity contribution in [1.82, 2.24) is 10.2 Å². The second-order valence-electron chi connectivity index (χ2n) is 4.07. The van der Waals surface area contributed by atoms with Gasteiger partial charge in [0, 0.05) is 32.1 Å². The van der Waals surface area contributed by atoms with Gasteiger partial charge in [-0.1, -0.05) is 12.2 Å². The van der Waals surface area contributed by atoms with Crippen molar-refractivity contribution in [2.24, 2.45) is 0 Å². The van der Waals surface area contributed by atoms with Gasteiger partial charge in [0.15, 0.2) is 0 Å². The Balaban J connectivity index is 2.01. The number of amides is 2. The molecule has 0 aromatic carbocycles. The molecule has 1 aliphatic rings. The predicted molar refractivity (Wildman–Crippen MR) is 67.4 cm³/mol. The first-order valence-corrected chi connectivity index (χ1v) is 6.07. The Hall–Kier alpha value is -1.58. The molecule has 0 fully saturated rings. The summed E-state index contributed by atoms with van der Waals surface area (Å²) in [6.07, 6.45) is 8.65. The maximum Gasteiger partial charge on any atom is 0.246 e. The second-order valence-corrected chi connectivity index (χ2v) is 4.07. The summed E-state index contributed by atoms with van der Waals surface area (Å²) < 4.78 is 0. The summed E-state index contributed by atoms with van der Waals surface area (Å²) in [4.78, 5) is 24.3. The zero-order valence-electron chi connectivity index (χ0n) is 10.2. The average Bonchev–Trinajstić information content (AvgIpc) is 2.72. The van der Waals surface area contributed by atoms with Crippen LogP contribution in [0.3, 0.4) is 0 Å².